The highest BCUT2D eigenvalue weighted by molar-refractivity contribution is 6.16. The molecule has 2 heterocycles. The number of nitrogens with zero attached hydrogens (tertiary/aromatic N) is 4. The minimum Gasteiger partial charge on any atom is -0.312 e. The molecule has 112 valence electrons. The average Bonchev–Trinajstić information content (AvgIpc) is 2.83. The van der Waals surface area contributed by atoms with E-state index in [0.717, 1.165) is 16.9 Å². The fraction of sp³-hybridized carbons (Fsp3) is 0.667. The van der Waals surface area contributed by atoms with E-state index >= 15 is 0 Å². The molecule has 2 aromatic heterocycles. The molecule has 0 aliphatic carbocycles. The highest BCUT2D eigenvalue weighted by atomic mass is 35.5. The molecule has 0 aliphatic rings. The minimum atomic E-state index is -4.09. The first-order valence-corrected chi connectivity index (χ1v) is 6.88. The van der Waals surface area contributed by atoms with Crippen molar-refractivity contribution in [3.8, 4) is 0 Å². The van der Waals surface area contributed by atoms with E-state index < -0.39 is 12.6 Å². The molecule has 0 fully saturated rings. The summed E-state index contributed by atoms with van der Waals surface area (Å²) in [5.41, 5.74) is 2.37. The summed E-state index contributed by atoms with van der Waals surface area (Å²) < 4.78 is 40.0. The lowest BCUT2D eigenvalue weighted by atomic mass is 10.2. The lowest BCUT2D eigenvalue weighted by molar-refractivity contribution is -0.135. The lowest BCUT2D eigenvalue weighted by Gasteiger charge is -2.09. The van der Waals surface area contributed by atoms with E-state index in [1.165, 1.54) is 0 Å². The Morgan fingerprint density at radius 1 is 1.25 bits per heavy atom. The van der Waals surface area contributed by atoms with Crippen LogP contribution in [0.25, 0.3) is 11.2 Å². The molecule has 4 nitrogen and oxygen atoms in total. The molecule has 0 aromatic carbocycles. The van der Waals surface area contributed by atoms with Crippen LogP contribution in [-0.4, -0.2) is 25.5 Å². The first-order valence-electron chi connectivity index (χ1n) is 6.35. The summed E-state index contributed by atoms with van der Waals surface area (Å²) in [5.74, 6) is 0.901. The van der Waals surface area contributed by atoms with Gasteiger partial charge in [-0.15, -0.1) is 11.6 Å². The van der Waals surface area contributed by atoms with Crippen molar-refractivity contribution >= 4 is 22.8 Å². The van der Waals surface area contributed by atoms with Crippen LogP contribution >= 0.6 is 11.6 Å². The highest BCUT2D eigenvalue weighted by Crippen LogP contribution is 2.24. The Morgan fingerprint density at radius 3 is 2.55 bits per heavy atom. The van der Waals surface area contributed by atoms with Crippen LogP contribution < -0.4 is 0 Å². The maximum absolute atomic E-state index is 12.1. The monoisotopic (exact) mass is 308 g/mol. The third kappa shape index (κ3) is 3.08. The van der Waals surface area contributed by atoms with Crippen molar-refractivity contribution < 1.29 is 13.2 Å². The molecule has 20 heavy (non-hydrogen) atoms. The number of imidazole rings is 1. The van der Waals surface area contributed by atoms with Crippen molar-refractivity contribution in [3.63, 3.8) is 0 Å². The lowest BCUT2D eigenvalue weighted by Crippen LogP contribution is -2.09. The summed E-state index contributed by atoms with van der Waals surface area (Å²) in [4.78, 5) is 4.40. The summed E-state index contributed by atoms with van der Waals surface area (Å²) in [6.07, 6.45) is -4.32. The first kappa shape index (κ1) is 15.2. The van der Waals surface area contributed by atoms with Crippen molar-refractivity contribution in [3.05, 3.63) is 11.5 Å². The molecule has 0 unspecified atom stereocenters. The number of fused-ring (bicyclic) bond motifs is 1. The molecular weight excluding hydrogens is 293 g/mol. The van der Waals surface area contributed by atoms with E-state index in [4.69, 9.17) is 11.6 Å². The fourth-order valence-electron chi connectivity index (χ4n) is 2.31. The Kier molecular flexibility index (Phi) is 4.27. The average molecular weight is 309 g/mol. The van der Waals surface area contributed by atoms with Crippen LogP contribution in [0.3, 0.4) is 0 Å². The van der Waals surface area contributed by atoms with Crippen molar-refractivity contribution in [2.75, 3.05) is 0 Å². The maximum atomic E-state index is 12.1. The molecule has 0 atom stereocenters. The van der Waals surface area contributed by atoms with E-state index in [1.54, 1.807) is 11.7 Å². The zero-order valence-electron chi connectivity index (χ0n) is 11.3. The quantitative estimate of drug-likeness (QED) is 0.625. The highest BCUT2D eigenvalue weighted by Gasteiger charge is 2.26. The predicted octanol–water partition coefficient (Wildman–Crippen LogP) is 3.55. The number of unbranched alkanes of at least 4 members (excludes halogenated alkanes) is 1. The molecule has 0 saturated heterocycles. The van der Waals surface area contributed by atoms with Gasteiger partial charge in [-0.25, -0.2) is 4.98 Å². The topological polar surface area (TPSA) is 35.6 Å². The van der Waals surface area contributed by atoms with E-state index in [9.17, 15) is 13.2 Å². The number of aryl methyl sites for hydroxylation is 3. The zero-order chi connectivity index (χ0) is 14.9. The normalized spacial score (nSPS) is 12.5. The van der Waals surface area contributed by atoms with Gasteiger partial charge >= 0.3 is 6.18 Å². The SMILES string of the molecule is Cc1nn(C)c2c1nc(CCl)n2CCCCC(F)(F)F. The summed E-state index contributed by atoms with van der Waals surface area (Å²) in [6.45, 7) is 2.31. The Morgan fingerprint density at radius 2 is 1.95 bits per heavy atom. The Balaban J connectivity index is 2.16. The van der Waals surface area contributed by atoms with Crippen LogP contribution in [-0.2, 0) is 19.5 Å². The molecule has 0 radical (unpaired) electrons. The van der Waals surface area contributed by atoms with Crippen LogP contribution in [0.1, 0.15) is 30.8 Å². The number of halogens is 4. The molecule has 2 aromatic rings. The van der Waals surface area contributed by atoms with Crippen molar-refractivity contribution in [2.45, 2.75) is 44.8 Å². The van der Waals surface area contributed by atoms with Crippen LogP contribution in [0.2, 0.25) is 0 Å². The standard InChI is InChI=1S/C12H16ClF3N4/c1-8-10-11(19(2)18-8)20(9(7-13)17-10)6-4-3-5-12(14,15)16/h3-7H2,1-2H3. The van der Waals surface area contributed by atoms with Crippen molar-refractivity contribution in [2.24, 2.45) is 7.05 Å². The van der Waals surface area contributed by atoms with Gasteiger partial charge in [-0.05, 0) is 19.8 Å². The van der Waals surface area contributed by atoms with Crippen molar-refractivity contribution in [1.82, 2.24) is 19.3 Å². The van der Waals surface area contributed by atoms with Gasteiger partial charge in [0.05, 0.1) is 11.6 Å². The molecule has 0 N–H and O–H groups in total. The first-order chi connectivity index (χ1) is 9.33. The van der Waals surface area contributed by atoms with Gasteiger partial charge in [0.25, 0.3) is 0 Å². The second kappa shape index (κ2) is 5.63. The number of alkyl halides is 4. The third-order valence-corrected chi connectivity index (χ3v) is 3.42. The molecule has 2 rings (SSSR count). The van der Waals surface area contributed by atoms with Gasteiger partial charge in [-0.2, -0.15) is 18.3 Å². The summed E-state index contributed by atoms with van der Waals surface area (Å²) in [7, 11) is 1.79. The number of rotatable bonds is 5. The largest absolute Gasteiger partial charge is 0.389 e. The molecule has 0 spiro atoms. The molecule has 0 aliphatic heterocycles. The second-order valence-corrected chi connectivity index (χ2v) is 5.03. The van der Waals surface area contributed by atoms with E-state index in [0.29, 0.717) is 18.8 Å². The van der Waals surface area contributed by atoms with Gasteiger partial charge in [0, 0.05) is 20.0 Å². The fourth-order valence-corrected chi connectivity index (χ4v) is 2.52. The maximum Gasteiger partial charge on any atom is 0.389 e. The molecule has 0 saturated carbocycles. The zero-order valence-corrected chi connectivity index (χ0v) is 12.1. The van der Waals surface area contributed by atoms with E-state index in [-0.39, 0.29) is 12.3 Å². The van der Waals surface area contributed by atoms with Crippen LogP contribution in [0, 0.1) is 6.92 Å². The Bertz CT molecular complexity index is 600. The molecule has 8 heteroatoms. The van der Waals surface area contributed by atoms with Gasteiger partial charge in [0.1, 0.15) is 11.3 Å². The number of aromatic nitrogens is 4. The van der Waals surface area contributed by atoms with Crippen LogP contribution in [0.4, 0.5) is 13.2 Å². The van der Waals surface area contributed by atoms with Gasteiger partial charge in [-0.1, -0.05) is 0 Å². The summed E-state index contributed by atoms with van der Waals surface area (Å²) in [6, 6.07) is 0. The molecule has 0 amide bonds. The summed E-state index contributed by atoms with van der Waals surface area (Å²) >= 11 is 5.86. The van der Waals surface area contributed by atoms with Crippen LogP contribution in [0.5, 0.6) is 0 Å². The Labute approximate surface area is 119 Å². The van der Waals surface area contributed by atoms with Crippen LogP contribution in [0.15, 0.2) is 0 Å². The summed E-state index contributed by atoms with van der Waals surface area (Å²) in [5, 5.41) is 4.26. The van der Waals surface area contributed by atoms with Gasteiger partial charge < -0.3 is 4.57 Å². The third-order valence-electron chi connectivity index (χ3n) is 3.18. The van der Waals surface area contributed by atoms with Gasteiger partial charge in [0.15, 0.2) is 5.65 Å². The predicted molar refractivity (Wildman–Crippen MR) is 70.7 cm³/mol. The minimum absolute atomic E-state index is 0.0989. The van der Waals surface area contributed by atoms with Crippen molar-refractivity contribution in [1.29, 1.82) is 0 Å². The second-order valence-electron chi connectivity index (χ2n) is 4.77. The van der Waals surface area contributed by atoms with Gasteiger partial charge in [0.2, 0.25) is 0 Å². The smallest absolute Gasteiger partial charge is 0.312 e. The molecular formula is C12H16ClF3N4. The van der Waals surface area contributed by atoms with E-state index in [2.05, 4.69) is 10.1 Å². The Hall–Kier alpha value is -1.24. The van der Waals surface area contributed by atoms with Gasteiger partial charge in [-0.3, -0.25) is 4.68 Å². The van der Waals surface area contributed by atoms with E-state index in [1.807, 2.05) is 11.5 Å². The number of hydrogen-bond donors (Lipinski definition) is 0. The number of hydrogen-bond acceptors (Lipinski definition) is 2. The molecule has 0 bridgehead atoms.